The summed E-state index contributed by atoms with van der Waals surface area (Å²) in [6.45, 7) is 5.23. The highest BCUT2D eigenvalue weighted by atomic mass is 35.5. The highest BCUT2D eigenvalue weighted by Gasteiger charge is 2.33. The van der Waals surface area contributed by atoms with E-state index in [9.17, 15) is 9.59 Å². The Morgan fingerprint density at radius 1 is 1.16 bits per heavy atom. The molecule has 2 aromatic carbocycles. The molecule has 0 bridgehead atoms. The molecule has 0 aromatic heterocycles. The van der Waals surface area contributed by atoms with Crippen LogP contribution in [0.5, 0.6) is 0 Å². The molecule has 5 nitrogen and oxygen atoms in total. The molecule has 0 saturated heterocycles. The molecule has 1 saturated carbocycles. The summed E-state index contributed by atoms with van der Waals surface area (Å²) in [5.41, 5.74) is 3.79. The van der Waals surface area contributed by atoms with Gasteiger partial charge in [-0.3, -0.25) is 9.79 Å². The third-order valence-corrected chi connectivity index (χ3v) is 6.83. The zero-order chi connectivity index (χ0) is 22.9. The number of nitrogens with one attached hydrogen (secondary N) is 1. The molecule has 2 aromatic rings. The van der Waals surface area contributed by atoms with Gasteiger partial charge < -0.3 is 10.2 Å². The van der Waals surface area contributed by atoms with Gasteiger partial charge in [0.1, 0.15) is 5.78 Å². The fourth-order valence-electron chi connectivity index (χ4n) is 4.69. The van der Waals surface area contributed by atoms with Crippen molar-refractivity contribution in [2.75, 3.05) is 18.4 Å². The Morgan fingerprint density at radius 2 is 1.94 bits per heavy atom. The molecule has 0 spiro atoms. The van der Waals surface area contributed by atoms with E-state index < -0.39 is 0 Å². The molecule has 2 aliphatic rings. The van der Waals surface area contributed by atoms with E-state index in [1.54, 1.807) is 18.2 Å². The maximum Gasteiger partial charge on any atom is 0.322 e. The molecule has 1 heterocycles. The number of nitrogens with zero attached hydrogens (tertiary/aromatic N) is 2. The lowest BCUT2D eigenvalue weighted by molar-refractivity contribution is -0.120. The summed E-state index contributed by atoms with van der Waals surface area (Å²) in [5, 5.41) is 3.77. The molecule has 2 amide bonds. The predicted octanol–water partition coefficient (Wildman–Crippen LogP) is 6.34. The Labute approximate surface area is 198 Å². The SMILES string of the molecule is CC1(C)CC(=O)CC(=NCC2c3ccccc3CCN2C(=O)Nc2ccc(Cl)c(Cl)c2)C1. The van der Waals surface area contributed by atoms with Crippen molar-refractivity contribution in [2.45, 2.75) is 45.6 Å². The van der Waals surface area contributed by atoms with Gasteiger partial charge in [0.25, 0.3) is 0 Å². The zero-order valence-electron chi connectivity index (χ0n) is 18.3. The molecule has 1 N–H and O–H groups in total. The van der Waals surface area contributed by atoms with E-state index in [0.29, 0.717) is 41.7 Å². The van der Waals surface area contributed by atoms with Gasteiger partial charge in [-0.05, 0) is 47.6 Å². The van der Waals surface area contributed by atoms with E-state index in [1.807, 2.05) is 17.0 Å². The van der Waals surface area contributed by atoms with Gasteiger partial charge in [0.2, 0.25) is 0 Å². The number of amides is 2. The van der Waals surface area contributed by atoms with Crippen LogP contribution in [0.3, 0.4) is 0 Å². The standard InChI is InChI=1S/C25H27Cl2N3O2/c1-25(2)13-18(11-19(31)14-25)28-15-23-20-6-4-3-5-16(20)9-10-30(23)24(32)29-17-7-8-21(26)22(27)12-17/h3-8,12,23H,9-11,13-15H2,1-2H3,(H,29,32). The molecule has 1 aliphatic heterocycles. The van der Waals surface area contributed by atoms with Crippen LogP contribution in [0.4, 0.5) is 10.5 Å². The van der Waals surface area contributed by atoms with Crippen LogP contribution in [0, 0.1) is 5.41 Å². The number of carbonyl (C=O) groups excluding carboxylic acids is 2. The van der Waals surface area contributed by atoms with E-state index in [4.69, 9.17) is 28.2 Å². The molecule has 4 rings (SSSR count). The number of hydrogen-bond donors (Lipinski definition) is 1. The van der Waals surface area contributed by atoms with Gasteiger partial charge in [-0.1, -0.05) is 61.3 Å². The number of ketones is 1. The number of halogens is 2. The van der Waals surface area contributed by atoms with Gasteiger partial charge in [0, 0.05) is 30.8 Å². The summed E-state index contributed by atoms with van der Waals surface area (Å²) in [5.74, 6) is 0.235. The minimum atomic E-state index is -0.205. The van der Waals surface area contributed by atoms with Gasteiger partial charge in [-0.25, -0.2) is 4.79 Å². The number of fused-ring (bicyclic) bond motifs is 1. The van der Waals surface area contributed by atoms with Gasteiger partial charge in [0.15, 0.2) is 0 Å². The number of rotatable bonds is 3. The molecule has 1 unspecified atom stereocenters. The lowest BCUT2D eigenvalue weighted by Gasteiger charge is -2.37. The summed E-state index contributed by atoms with van der Waals surface area (Å²) in [4.78, 5) is 32.1. The van der Waals surface area contributed by atoms with Crippen molar-refractivity contribution in [3.63, 3.8) is 0 Å². The van der Waals surface area contributed by atoms with Crippen LogP contribution in [-0.2, 0) is 11.2 Å². The average molecular weight is 472 g/mol. The maximum atomic E-state index is 13.2. The first-order valence-electron chi connectivity index (χ1n) is 10.9. The number of Topliss-reactive ketones (excluding diaryl/α,β-unsaturated/α-hetero) is 1. The molecule has 1 fully saturated rings. The second-order valence-corrected chi connectivity index (χ2v) is 10.2. The van der Waals surface area contributed by atoms with Crippen molar-refractivity contribution in [1.82, 2.24) is 4.90 Å². The van der Waals surface area contributed by atoms with Crippen molar-refractivity contribution in [2.24, 2.45) is 10.4 Å². The second kappa shape index (κ2) is 9.24. The third-order valence-electron chi connectivity index (χ3n) is 6.09. The Bertz CT molecular complexity index is 1080. The molecule has 1 atom stereocenters. The van der Waals surface area contributed by atoms with Crippen molar-refractivity contribution >= 4 is 46.4 Å². The van der Waals surface area contributed by atoms with Crippen LogP contribution in [0.1, 0.15) is 50.3 Å². The molecule has 168 valence electrons. The summed E-state index contributed by atoms with van der Waals surface area (Å²) in [6, 6.07) is 12.8. The largest absolute Gasteiger partial charge is 0.322 e. The fraction of sp³-hybridized carbons (Fsp3) is 0.400. The van der Waals surface area contributed by atoms with Crippen molar-refractivity contribution in [3.8, 4) is 0 Å². The summed E-state index contributed by atoms with van der Waals surface area (Å²) >= 11 is 12.1. The minimum absolute atomic E-state index is 0.0659. The molecule has 1 aliphatic carbocycles. The van der Waals surface area contributed by atoms with E-state index in [2.05, 4.69) is 31.3 Å². The normalized spacial score (nSPS) is 21.4. The highest BCUT2D eigenvalue weighted by Crippen LogP contribution is 2.34. The average Bonchev–Trinajstić information content (AvgIpc) is 2.73. The number of carbonyl (C=O) groups is 2. The van der Waals surface area contributed by atoms with Crippen molar-refractivity contribution < 1.29 is 9.59 Å². The third kappa shape index (κ3) is 5.16. The Morgan fingerprint density at radius 3 is 2.69 bits per heavy atom. The molecule has 0 radical (unpaired) electrons. The Balaban J connectivity index is 1.58. The quantitative estimate of drug-likeness (QED) is 0.566. The summed E-state index contributed by atoms with van der Waals surface area (Å²) in [6.07, 6.45) is 2.59. The van der Waals surface area contributed by atoms with E-state index in [0.717, 1.165) is 24.1 Å². The van der Waals surface area contributed by atoms with Gasteiger partial charge >= 0.3 is 6.03 Å². The van der Waals surface area contributed by atoms with Crippen molar-refractivity contribution in [3.05, 3.63) is 63.6 Å². The first kappa shape index (κ1) is 22.8. The fourth-order valence-corrected chi connectivity index (χ4v) is 4.99. The Hall–Kier alpha value is -2.37. The zero-order valence-corrected chi connectivity index (χ0v) is 19.8. The van der Waals surface area contributed by atoms with Crippen LogP contribution < -0.4 is 5.32 Å². The number of anilines is 1. The van der Waals surface area contributed by atoms with E-state index in [1.165, 1.54) is 5.56 Å². The number of urea groups is 1. The second-order valence-electron chi connectivity index (χ2n) is 9.36. The van der Waals surface area contributed by atoms with Crippen molar-refractivity contribution in [1.29, 1.82) is 0 Å². The monoisotopic (exact) mass is 471 g/mol. The van der Waals surface area contributed by atoms with Crippen LogP contribution in [0.2, 0.25) is 10.0 Å². The lowest BCUT2D eigenvalue weighted by atomic mass is 9.76. The van der Waals surface area contributed by atoms with Gasteiger partial charge in [0.05, 0.1) is 22.6 Å². The van der Waals surface area contributed by atoms with Crippen LogP contribution in [0.15, 0.2) is 47.5 Å². The lowest BCUT2D eigenvalue weighted by Crippen LogP contribution is -2.43. The number of aliphatic imine (C=N–C) groups is 1. The first-order chi connectivity index (χ1) is 15.2. The first-order valence-corrected chi connectivity index (χ1v) is 11.6. The molecule has 7 heteroatoms. The Kier molecular flexibility index (Phi) is 6.59. The van der Waals surface area contributed by atoms with Gasteiger partial charge in [-0.15, -0.1) is 0 Å². The minimum Gasteiger partial charge on any atom is -0.315 e. The van der Waals surface area contributed by atoms with Crippen LogP contribution in [-0.4, -0.2) is 35.5 Å². The van der Waals surface area contributed by atoms with Gasteiger partial charge in [-0.2, -0.15) is 0 Å². The smallest absolute Gasteiger partial charge is 0.315 e. The predicted molar refractivity (Wildman–Crippen MR) is 130 cm³/mol. The van der Waals surface area contributed by atoms with Crippen LogP contribution in [0.25, 0.3) is 0 Å². The summed E-state index contributed by atoms with van der Waals surface area (Å²) < 4.78 is 0. The van der Waals surface area contributed by atoms with E-state index >= 15 is 0 Å². The molecular weight excluding hydrogens is 445 g/mol. The maximum absolute atomic E-state index is 13.2. The highest BCUT2D eigenvalue weighted by molar-refractivity contribution is 6.42. The van der Waals surface area contributed by atoms with Crippen LogP contribution >= 0.6 is 23.2 Å². The van der Waals surface area contributed by atoms with E-state index in [-0.39, 0.29) is 23.3 Å². The number of hydrogen-bond acceptors (Lipinski definition) is 3. The topological polar surface area (TPSA) is 61.8 Å². The molecule has 32 heavy (non-hydrogen) atoms. The molecular formula is C25H27Cl2N3O2. The summed E-state index contributed by atoms with van der Waals surface area (Å²) in [7, 11) is 0. The number of benzene rings is 2.